The van der Waals surface area contributed by atoms with E-state index in [2.05, 4.69) is 34.8 Å². The number of nitrogens with zero attached hydrogens (tertiary/aromatic N) is 1. The maximum atomic E-state index is 4.08. The van der Waals surface area contributed by atoms with Crippen molar-refractivity contribution in [2.75, 3.05) is 0 Å². The highest BCUT2D eigenvalue weighted by molar-refractivity contribution is 5.08. The molecule has 0 saturated heterocycles. The summed E-state index contributed by atoms with van der Waals surface area (Å²) in [6.07, 6.45) is 16.8. The predicted molar refractivity (Wildman–Crippen MR) is 105 cm³/mol. The number of allylic oxidation sites excluding steroid dienone is 2. The van der Waals surface area contributed by atoms with Crippen molar-refractivity contribution in [3.8, 4) is 11.8 Å². The first-order valence-electron chi connectivity index (χ1n) is 8.28. The van der Waals surface area contributed by atoms with Gasteiger partial charge in [-0.1, -0.05) is 31.4 Å². The fourth-order valence-corrected chi connectivity index (χ4v) is 2.66. The van der Waals surface area contributed by atoms with Crippen LogP contribution in [0.15, 0.2) is 24.2 Å². The Morgan fingerprint density at radius 1 is 1.12 bits per heavy atom. The number of aromatic amines is 1. The predicted octanol–water partition coefficient (Wildman–Crippen LogP) is 1.99. The smallest absolute Gasteiger partial charge is 0.0921 e. The maximum absolute atomic E-state index is 4.08. The Bertz CT molecular complexity index is 456. The molecular formula is C19H38N2O4. The van der Waals surface area contributed by atoms with Gasteiger partial charge in [0.15, 0.2) is 0 Å². The lowest BCUT2D eigenvalue weighted by molar-refractivity contribution is 0.455. The fraction of sp³-hybridized carbons (Fsp3) is 0.632. The summed E-state index contributed by atoms with van der Waals surface area (Å²) in [7, 11) is 0. The summed E-state index contributed by atoms with van der Waals surface area (Å²) in [5.41, 5.74) is 3.00. The third kappa shape index (κ3) is 14.4. The quantitative estimate of drug-likeness (QED) is 0.461. The van der Waals surface area contributed by atoms with E-state index in [4.69, 9.17) is 0 Å². The summed E-state index contributed by atoms with van der Waals surface area (Å²) in [5, 5.41) is 0. The molecular weight excluding hydrogens is 320 g/mol. The number of hydrogen-bond acceptors (Lipinski definition) is 1. The van der Waals surface area contributed by atoms with Crippen LogP contribution >= 0.6 is 0 Å². The van der Waals surface area contributed by atoms with Gasteiger partial charge in [-0.3, -0.25) is 0 Å². The summed E-state index contributed by atoms with van der Waals surface area (Å²) in [6, 6.07) is 0. The Morgan fingerprint density at radius 2 is 1.80 bits per heavy atom. The molecule has 0 aromatic carbocycles. The van der Waals surface area contributed by atoms with E-state index >= 15 is 0 Å². The van der Waals surface area contributed by atoms with Crippen LogP contribution in [0.5, 0.6) is 0 Å². The molecule has 148 valence electrons. The molecule has 25 heavy (non-hydrogen) atoms. The third-order valence-corrected chi connectivity index (χ3v) is 4.03. The van der Waals surface area contributed by atoms with Gasteiger partial charge >= 0.3 is 0 Å². The summed E-state index contributed by atoms with van der Waals surface area (Å²) in [4.78, 5) is 7.29. The second kappa shape index (κ2) is 20.4. The topological polar surface area (TPSA) is 155 Å². The lowest BCUT2D eigenvalue weighted by Gasteiger charge is -2.21. The van der Waals surface area contributed by atoms with Crippen LogP contribution in [0.2, 0.25) is 0 Å². The highest BCUT2D eigenvalue weighted by Crippen LogP contribution is 2.28. The van der Waals surface area contributed by atoms with Crippen molar-refractivity contribution in [3.63, 3.8) is 0 Å². The molecule has 1 unspecified atom stereocenters. The van der Waals surface area contributed by atoms with E-state index in [1.165, 1.54) is 57.1 Å². The van der Waals surface area contributed by atoms with Crippen LogP contribution in [-0.4, -0.2) is 31.9 Å². The van der Waals surface area contributed by atoms with Gasteiger partial charge in [0.1, 0.15) is 0 Å². The van der Waals surface area contributed by atoms with E-state index < -0.39 is 0 Å². The number of hydrogen-bond donors (Lipinski definition) is 1. The van der Waals surface area contributed by atoms with Crippen molar-refractivity contribution in [1.82, 2.24) is 9.97 Å². The average molecular weight is 359 g/mol. The van der Waals surface area contributed by atoms with E-state index in [0.717, 1.165) is 5.92 Å². The monoisotopic (exact) mass is 358 g/mol. The number of nitrogens with one attached hydrogen (secondary N) is 1. The third-order valence-electron chi connectivity index (χ3n) is 4.03. The first-order chi connectivity index (χ1) is 10.3. The van der Waals surface area contributed by atoms with Crippen molar-refractivity contribution >= 4 is 0 Å². The van der Waals surface area contributed by atoms with Crippen molar-refractivity contribution in [1.29, 1.82) is 0 Å². The van der Waals surface area contributed by atoms with Crippen LogP contribution in [0.3, 0.4) is 0 Å². The van der Waals surface area contributed by atoms with E-state index in [0.29, 0.717) is 0 Å². The molecule has 1 aromatic rings. The number of imidazole rings is 1. The lowest BCUT2D eigenvalue weighted by Crippen LogP contribution is -2.09. The van der Waals surface area contributed by atoms with Crippen LogP contribution < -0.4 is 0 Å². The van der Waals surface area contributed by atoms with Crippen LogP contribution in [0.4, 0.5) is 0 Å². The van der Waals surface area contributed by atoms with Gasteiger partial charge in [-0.15, -0.1) is 11.8 Å². The van der Waals surface area contributed by atoms with Crippen molar-refractivity contribution in [2.45, 2.75) is 72.1 Å². The van der Waals surface area contributed by atoms with Crippen LogP contribution in [-0.2, 0) is 6.42 Å². The molecule has 0 fully saturated rings. The van der Waals surface area contributed by atoms with Gasteiger partial charge in [0, 0.05) is 11.9 Å². The molecule has 0 spiro atoms. The Labute approximate surface area is 152 Å². The standard InChI is InChI=1S/C15H24N2.C4H6.4H2O/c1-2-3-4-5-13-6-8-14(9-7-13)10-15-11-16-12-17-15;1-3-4-2;;;;/h6,11-12,14H,2-5,7-10H2,1H3,(H,16,17);1-2H3;4*1H2. The molecule has 0 amide bonds. The van der Waals surface area contributed by atoms with Crippen molar-refractivity contribution in [3.05, 3.63) is 29.9 Å². The first kappa shape index (κ1) is 31.2. The molecule has 0 radical (unpaired) electrons. The van der Waals surface area contributed by atoms with Crippen molar-refractivity contribution < 1.29 is 21.9 Å². The number of H-pyrrole nitrogens is 1. The number of aromatic nitrogens is 2. The Balaban J connectivity index is -0.000000251. The summed E-state index contributed by atoms with van der Waals surface area (Å²) >= 11 is 0. The van der Waals surface area contributed by atoms with Gasteiger partial charge in [-0.25, -0.2) is 4.98 Å². The first-order valence-corrected chi connectivity index (χ1v) is 8.28. The largest absolute Gasteiger partial charge is 0.412 e. The van der Waals surface area contributed by atoms with Gasteiger partial charge in [-0.05, 0) is 58.3 Å². The molecule has 0 saturated carbocycles. The van der Waals surface area contributed by atoms with Crippen LogP contribution in [0.1, 0.15) is 71.4 Å². The normalized spacial score (nSPS) is 14.4. The highest BCUT2D eigenvalue weighted by Gasteiger charge is 2.15. The van der Waals surface area contributed by atoms with Crippen molar-refractivity contribution in [2.24, 2.45) is 5.92 Å². The van der Waals surface area contributed by atoms with E-state index in [1.54, 1.807) is 11.9 Å². The average Bonchev–Trinajstić information content (AvgIpc) is 3.02. The number of rotatable bonds is 6. The highest BCUT2D eigenvalue weighted by atomic mass is 16.0. The second-order valence-corrected chi connectivity index (χ2v) is 5.74. The molecule has 1 aromatic heterocycles. The van der Waals surface area contributed by atoms with Crippen LogP contribution in [0.25, 0.3) is 0 Å². The summed E-state index contributed by atoms with van der Waals surface area (Å²) in [6.45, 7) is 5.91. The molecule has 6 nitrogen and oxygen atoms in total. The summed E-state index contributed by atoms with van der Waals surface area (Å²) in [5.74, 6) is 6.19. The lowest BCUT2D eigenvalue weighted by atomic mass is 9.85. The fourth-order valence-electron chi connectivity index (χ4n) is 2.66. The minimum atomic E-state index is 0. The van der Waals surface area contributed by atoms with Gasteiger partial charge in [-0.2, -0.15) is 0 Å². The Hall–Kier alpha value is -1.65. The number of unbranched alkanes of at least 4 members (excludes halogenated alkanes) is 2. The molecule has 0 bridgehead atoms. The van der Waals surface area contributed by atoms with Gasteiger partial charge in [0.2, 0.25) is 0 Å². The zero-order chi connectivity index (χ0) is 15.3. The molecule has 1 aliphatic rings. The SMILES string of the molecule is CC#CC.CCCCCC1=CCC(Cc2cnc[nH]2)CC1.O.O.O.O. The molecule has 1 heterocycles. The van der Waals surface area contributed by atoms with E-state index in [1.807, 2.05) is 20.0 Å². The van der Waals surface area contributed by atoms with Gasteiger partial charge in [0.25, 0.3) is 0 Å². The molecule has 9 N–H and O–H groups in total. The molecule has 6 heteroatoms. The zero-order valence-electron chi connectivity index (χ0n) is 15.9. The van der Waals surface area contributed by atoms with Gasteiger partial charge < -0.3 is 26.9 Å². The molecule has 1 atom stereocenters. The second-order valence-electron chi connectivity index (χ2n) is 5.74. The molecule has 1 aliphatic carbocycles. The molecule has 2 rings (SSSR count). The Morgan fingerprint density at radius 3 is 2.24 bits per heavy atom. The minimum absolute atomic E-state index is 0. The minimum Gasteiger partial charge on any atom is -0.412 e. The molecule has 0 aliphatic heterocycles. The maximum Gasteiger partial charge on any atom is 0.0921 e. The van der Waals surface area contributed by atoms with Crippen LogP contribution in [0, 0.1) is 17.8 Å². The summed E-state index contributed by atoms with van der Waals surface area (Å²) < 4.78 is 0. The van der Waals surface area contributed by atoms with E-state index in [9.17, 15) is 0 Å². The van der Waals surface area contributed by atoms with Gasteiger partial charge in [0.05, 0.1) is 6.33 Å². The van der Waals surface area contributed by atoms with E-state index in [-0.39, 0.29) is 21.9 Å². The zero-order valence-corrected chi connectivity index (χ0v) is 15.9. The Kier molecular flexibility index (Phi) is 25.4.